The van der Waals surface area contributed by atoms with E-state index >= 15 is 0 Å². The van der Waals surface area contributed by atoms with E-state index in [1.165, 1.54) is 6.07 Å². The van der Waals surface area contributed by atoms with Gasteiger partial charge in [0.1, 0.15) is 5.82 Å². The maximum atomic E-state index is 13.4. The van der Waals surface area contributed by atoms with Crippen molar-refractivity contribution in [2.75, 3.05) is 13.2 Å². The van der Waals surface area contributed by atoms with Gasteiger partial charge in [-0.2, -0.15) is 0 Å². The van der Waals surface area contributed by atoms with Gasteiger partial charge in [0, 0.05) is 12.1 Å². The molecule has 0 saturated carbocycles. The first-order valence-electron chi connectivity index (χ1n) is 4.87. The second-order valence-electron chi connectivity index (χ2n) is 3.63. The number of halogens is 1. The van der Waals surface area contributed by atoms with Crippen LogP contribution in [0.2, 0.25) is 0 Å². The normalized spacial score (nSPS) is 27.6. The molecule has 0 radical (unpaired) electrons. The van der Waals surface area contributed by atoms with Gasteiger partial charge < -0.3 is 10.1 Å². The first-order chi connectivity index (χ1) is 6.77. The number of hydrogen-bond acceptors (Lipinski definition) is 2. The lowest BCUT2D eigenvalue weighted by Crippen LogP contribution is -2.39. The third kappa shape index (κ3) is 1.94. The number of benzene rings is 1. The lowest BCUT2D eigenvalue weighted by atomic mass is 10.1. The van der Waals surface area contributed by atoms with E-state index in [1.807, 2.05) is 13.0 Å². The zero-order chi connectivity index (χ0) is 9.97. The van der Waals surface area contributed by atoms with Crippen molar-refractivity contribution in [3.8, 4) is 0 Å². The second kappa shape index (κ2) is 4.07. The highest BCUT2D eigenvalue weighted by atomic mass is 19.1. The molecule has 76 valence electrons. The average Bonchev–Trinajstić information content (AvgIpc) is 2.20. The third-order valence-electron chi connectivity index (χ3n) is 2.48. The standard InChI is InChI=1S/C11H14FNO/c1-8-6-13-11(7-14-8)9-4-2-3-5-10(9)12/h2-5,8,11,13H,6-7H2,1H3. The molecule has 1 saturated heterocycles. The summed E-state index contributed by atoms with van der Waals surface area (Å²) in [6.45, 7) is 3.33. The lowest BCUT2D eigenvalue weighted by Gasteiger charge is -2.28. The molecule has 1 aromatic rings. The number of nitrogens with one attached hydrogen (secondary N) is 1. The number of rotatable bonds is 1. The number of ether oxygens (including phenoxy) is 1. The third-order valence-corrected chi connectivity index (χ3v) is 2.48. The molecule has 0 amide bonds. The molecule has 2 unspecified atom stereocenters. The van der Waals surface area contributed by atoms with Gasteiger partial charge in [-0.05, 0) is 13.0 Å². The molecule has 1 N–H and O–H groups in total. The first-order valence-corrected chi connectivity index (χ1v) is 4.87. The van der Waals surface area contributed by atoms with Gasteiger partial charge in [-0.25, -0.2) is 4.39 Å². The minimum absolute atomic E-state index is 0.00704. The van der Waals surface area contributed by atoms with E-state index in [4.69, 9.17) is 4.74 Å². The van der Waals surface area contributed by atoms with E-state index in [0.29, 0.717) is 12.2 Å². The van der Waals surface area contributed by atoms with Gasteiger partial charge in [0.25, 0.3) is 0 Å². The van der Waals surface area contributed by atoms with E-state index < -0.39 is 0 Å². The van der Waals surface area contributed by atoms with Crippen LogP contribution in [-0.4, -0.2) is 19.3 Å². The van der Waals surface area contributed by atoms with Crippen molar-refractivity contribution in [3.63, 3.8) is 0 Å². The minimum atomic E-state index is -0.164. The molecule has 3 heteroatoms. The van der Waals surface area contributed by atoms with Crippen LogP contribution in [0.1, 0.15) is 18.5 Å². The van der Waals surface area contributed by atoms with E-state index in [0.717, 1.165) is 6.54 Å². The van der Waals surface area contributed by atoms with E-state index in [-0.39, 0.29) is 18.0 Å². The van der Waals surface area contributed by atoms with Crippen LogP contribution in [0.4, 0.5) is 4.39 Å². The maximum absolute atomic E-state index is 13.4. The molecule has 0 aliphatic carbocycles. The predicted octanol–water partition coefficient (Wildman–Crippen LogP) is 1.88. The Balaban J connectivity index is 2.12. The van der Waals surface area contributed by atoms with Crippen LogP contribution in [0.25, 0.3) is 0 Å². The van der Waals surface area contributed by atoms with Crippen LogP contribution in [-0.2, 0) is 4.74 Å². The van der Waals surface area contributed by atoms with Gasteiger partial charge >= 0.3 is 0 Å². The van der Waals surface area contributed by atoms with Gasteiger partial charge in [0.05, 0.1) is 18.8 Å². The predicted molar refractivity (Wildman–Crippen MR) is 52.6 cm³/mol. The molecule has 0 aromatic heterocycles. The van der Waals surface area contributed by atoms with Crippen LogP contribution in [0.5, 0.6) is 0 Å². The topological polar surface area (TPSA) is 21.3 Å². The summed E-state index contributed by atoms with van der Waals surface area (Å²) >= 11 is 0. The Morgan fingerprint density at radius 1 is 1.43 bits per heavy atom. The number of hydrogen-bond donors (Lipinski definition) is 1. The van der Waals surface area contributed by atoms with Crippen LogP contribution in [0.3, 0.4) is 0 Å². The van der Waals surface area contributed by atoms with Crippen LogP contribution < -0.4 is 5.32 Å². The Kier molecular flexibility index (Phi) is 2.79. The van der Waals surface area contributed by atoms with Crippen molar-refractivity contribution in [1.29, 1.82) is 0 Å². The summed E-state index contributed by atoms with van der Waals surface area (Å²) in [5.41, 5.74) is 0.694. The Morgan fingerprint density at radius 2 is 2.21 bits per heavy atom. The van der Waals surface area contributed by atoms with Gasteiger partial charge in [-0.1, -0.05) is 18.2 Å². The smallest absolute Gasteiger partial charge is 0.128 e. The van der Waals surface area contributed by atoms with E-state index in [1.54, 1.807) is 12.1 Å². The molecule has 1 aliphatic rings. The fourth-order valence-electron chi connectivity index (χ4n) is 1.64. The van der Waals surface area contributed by atoms with E-state index in [2.05, 4.69) is 5.32 Å². The molecule has 14 heavy (non-hydrogen) atoms. The second-order valence-corrected chi connectivity index (χ2v) is 3.63. The van der Waals surface area contributed by atoms with Crippen LogP contribution in [0.15, 0.2) is 24.3 Å². The SMILES string of the molecule is CC1CNC(c2ccccc2F)CO1. The molecule has 1 aliphatic heterocycles. The summed E-state index contributed by atoms with van der Waals surface area (Å²) in [6.07, 6.45) is 0.220. The summed E-state index contributed by atoms with van der Waals surface area (Å²) in [5.74, 6) is -0.164. The molecule has 2 atom stereocenters. The lowest BCUT2D eigenvalue weighted by molar-refractivity contribution is 0.0141. The zero-order valence-electron chi connectivity index (χ0n) is 8.16. The van der Waals surface area contributed by atoms with Crippen LogP contribution >= 0.6 is 0 Å². The molecule has 2 rings (SSSR count). The van der Waals surface area contributed by atoms with Gasteiger partial charge in [-0.15, -0.1) is 0 Å². The Hall–Kier alpha value is -0.930. The molecule has 1 aromatic carbocycles. The van der Waals surface area contributed by atoms with Gasteiger partial charge in [0.15, 0.2) is 0 Å². The van der Waals surface area contributed by atoms with Gasteiger partial charge in [-0.3, -0.25) is 0 Å². The molecule has 0 bridgehead atoms. The van der Waals surface area contributed by atoms with Crippen molar-refractivity contribution < 1.29 is 9.13 Å². The largest absolute Gasteiger partial charge is 0.375 e. The van der Waals surface area contributed by atoms with Crippen molar-refractivity contribution in [2.24, 2.45) is 0 Å². The summed E-state index contributed by atoms with van der Waals surface area (Å²) < 4.78 is 18.8. The van der Waals surface area contributed by atoms with Crippen molar-refractivity contribution in [1.82, 2.24) is 5.32 Å². The molecule has 1 fully saturated rings. The minimum Gasteiger partial charge on any atom is -0.375 e. The molecule has 2 nitrogen and oxygen atoms in total. The number of morpholine rings is 1. The molecular formula is C11H14FNO. The fourth-order valence-corrected chi connectivity index (χ4v) is 1.64. The van der Waals surface area contributed by atoms with E-state index in [9.17, 15) is 4.39 Å². The Morgan fingerprint density at radius 3 is 2.86 bits per heavy atom. The fraction of sp³-hybridized carbons (Fsp3) is 0.455. The molecule has 1 heterocycles. The molecule has 0 spiro atoms. The van der Waals surface area contributed by atoms with Crippen molar-refractivity contribution in [2.45, 2.75) is 19.1 Å². The summed E-state index contributed by atoms with van der Waals surface area (Å²) in [6, 6.07) is 6.82. The quantitative estimate of drug-likeness (QED) is 0.738. The highest BCUT2D eigenvalue weighted by molar-refractivity contribution is 5.21. The zero-order valence-corrected chi connectivity index (χ0v) is 8.16. The maximum Gasteiger partial charge on any atom is 0.128 e. The van der Waals surface area contributed by atoms with Gasteiger partial charge in [0.2, 0.25) is 0 Å². The highest BCUT2D eigenvalue weighted by Crippen LogP contribution is 2.19. The van der Waals surface area contributed by atoms with Crippen molar-refractivity contribution in [3.05, 3.63) is 35.6 Å². The monoisotopic (exact) mass is 195 g/mol. The summed E-state index contributed by atoms with van der Waals surface area (Å²) in [7, 11) is 0. The van der Waals surface area contributed by atoms with Crippen LogP contribution in [0, 0.1) is 5.82 Å². The van der Waals surface area contributed by atoms with Crippen molar-refractivity contribution >= 4 is 0 Å². The summed E-state index contributed by atoms with van der Waals surface area (Å²) in [4.78, 5) is 0. The summed E-state index contributed by atoms with van der Waals surface area (Å²) in [5, 5.41) is 3.26. The Bertz CT molecular complexity index is 308. The molecular weight excluding hydrogens is 181 g/mol. The Labute approximate surface area is 83.1 Å². The first kappa shape index (κ1) is 9.62. The average molecular weight is 195 g/mol. The highest BCUT2D eigenvalue weighted by Gasteiger charge is 2.21.